The first kappa shape index (κ1) is 39.9. The van der Waals surface area contributed by atoms with Gasteiger partial charge in [0.2, 0.25) is 12.1 Å². The maximum atomic E-state index is 16.8. The lowest BCUT2D eigenvalue weighted by Gasteiger charge is -2.30. The highest BCUT2D eigenvalue weighted by Crippen LogP contribution is 2.48. The predicted octanol–water partition coefficient (Wildman–Crippen LogP) is 8.66. The van der Waals surface area contributed by atoms with Gasteiger partial charge in [0.25, 0.3) is 0 Å². The number of benzene rings is 2. The fourth-order valence-electron chi connectivity index (χ4n) is 8.82. The molecule has 2 aromatic carbocycles. The third-order valence-electron chi connectivity index (χ3n) is 12.1. The molecule has 0 aliphatic carbocycles. The summed E-state index contributed by atoms with van der Waals surface area (Å²) in [5.74, 6) is 1.17. The summed E-state index contributed by atoms with van der Waals surface area (Å²) in [6.45, 7) is 9.42. The number of aromatic nitrogens is 5. The molecule has 4 atom stereocenters. The number of hydrogen-bond acceptors (Lipinski definition) is 9. The number of carbonyl (C=O) groups is 2. The van der Waals surface area contributed by atoms with E-state index in [0.717, 1.165) is 75.7 Å². The van der Waals surface area contributed by atoms with E-state index in [4.69, 9.17) is 24.2 Å². The van der Waals surface area contributed by atoms with E-state index >= 15 is 4.39 Å². The van der Waals surface area contributed by atoms with Gasteiger partial charge in [-0.2, -0.15) is 0 Å². The van der Waals surface area contributed by atoms with Gasteiger partial charge in [-0.1, -0.05) is 19.9 Å². The molecule has 2 amide bonds. The van der Waals surface area contributed by atoms with Gasteiger partial charge in [-0.3, -0.25) is 9.36 Å². The first-order valence-electron chi connectivity index (χ1n) is 20.7. The van der Waals surface area contributed by atoms with E-state index in [1.807, 2.05) is 32.2 Å². The monoisotopic (exact) mass is 834 g/mol. The van der Waals surface area contributed by atoms with Crippen molar-refractivity contribution in [2.24, 2.45) is 5.92 Å². The van der Waals surface area contributed by atoms with Gasteiger partial charge in [-0.15, -0.1) is 11.3 Å². The molecule has 3 aliphatic heterocycles. The highest BCUT2D eigenvalue weighted by atomic mass is 32.1. The number of carbonyl (C=O) groups excluding carboxylic acids is 2. The highest BCUT2D eigenvalue weighted by molar-refractivity contribution is 7.12. The lowest BCUT2D eigenvalue weighted by atomic mass is 10.0. The summed E-state index contributed by atoms with van der Waals surface area (Å²) in [5.41, 5.74) is 4.77. The number of imidazole rings is 2. The molecule has 4 aromatic heterocycles. The minimum absolute atomic E-state index is 0.158. The fraction of sp³-hybridized carbons (Fsp3) is 0.422. The van der Waals surface area contributed by atoms with Crippen molar-refractivity contribution in [3.05, 3.63) is 88.1 Å². The summed E-state index contributed by atoms with van der Waals surface area (Å²) >= 11 is 1.66. The second kappa shape index (κ2) is 15.8. The van der Waals surface area contributed by atoms with Gasteiger partial charge in [0, 0.05) is 41.5 Å². The number of hydrogen-bond donors (Lipinski definition) is 4. The number of methoxy groups -OCH3 is 2. The Kier molecular flexibility index (Phi) is 10.5. The molecule has 4 N–H and O–H groups in total. The fourth-order valence-corrected chi connectivity index (χ4v) is 10.1. The minimum atomic E-state index is -0.752. The van der Waals surface area contributed by atoms with E-state index in [0.29, 0.717) is 41.4 Å². The molecule has 3 aliphatic rings. The Morgan fingerprint density at radius 1 is 1.00 bits per heavy atom. The molecule has 13 nitrogen and oxygen atoms in total. The SMILES string of the molecule is COC(=O)N[C@H](C(=O)N1CCC[C@H]1c1ncc(-c2cc(F)c3c(c2)OC(c2ccc(CC(C)(C)OC)s2)n2c-3cc3cc(-c4cnc([C@@H]5CCCN5)[nH]4)ccc32)[nH]1)C(C)C. The van der Waals surface area contributed by atoms with Crippen LogP contribution < -0.4 is 15.4 Å². The van der Waals surface area contributed by atoms with E-state index in [1.165, 1.54) is 13.2 Å². The summed E-state index contributed by atoms with van der Waals surface area (Å²) in [5, 5.41) is 7.16. The molecule has 1 unspecified atom stereocenters. The van der Waals surface area contributed by atoms with Crippen molar-refractivity contribution in [1.29, 1.82) is 0 Å². The molecule has 2 saturated heterocycles. The van der Waals surface area contributed by atoms with E-state index in [1.54, 1.807) is 29.5 Å². The van der Waals surface area contributed by atoms with Crippen LogP contribution in [0.5, 0.6) is 5.75 Å². The average molecular weight is 835 g/mol. The molecule has 15 heteroatoms. The number of ether oxygens (including phenoxy) is 3. The maximum Gasteiger partial charge on any atom is 0.407 e. The van der Waals surface area contributed by atoms with Gasteiger partial charge >= 0.3 is 6.09 Å². The van der Waals surface area contributed by atoms with Crippen LogP contribution in [-0.4, -0.2) is 80.4 Å². The zero-order chi connectivity index (χ0) is 41.9. The maximum absolute atomic E-state index is 16.8. The van der Waals surface area contributed by atoms with E-state index < -0.39 is 24.2 Å². The molecule has 6 aromatic rings. The first-order chi connectivity index (χ1) is 28.9. The van der Waals surface area contributed by atoms with E-state index in [-0.39, 0.29) is 29.5 Å². The Balaban J connectivity index is 1.07. The van der Waals surface area contributed by atoms with Gasteiger partial charge in [-0.05, 0) is 94.5 Å². The van der Waals surface area contributed by atoms with Crippen LogP contribution in [-0.2, 0) is 20.7 Å². The number of halogens is 1. The molecule has 7 heterocycles. The molecule has 0 saturated carbocycles. The summed E-state index contributed by atoms with van der Waals surface area (Å²) in [4.78, 5) is 46.1. The standard InChI is InChI=1S/C45H51FN8O5S/c1-24(2)39(52-44(56)57-5)42(55)53-16-8-10-34(53)41-49-23-32(51-41)26-18-29(46)38-35-19-27-17-25(31-22-48-40(50-31)30-9-7-15-47-30)11-13-33(27)54(35)43(59-36(38)20-26)37-14-12-28(60-37)21-45(3,4)58-6/h11-14,17-20,22-24,30,34,39,43,47H,7-10,15-16,21H2,1-6H3,(H,48,50)(H,49,51)(H,52,56)/t30-,34-,39-,43?/m0/s1. The third kappa shape index (κ3) is 7.36. The number of fused-ring (bicyclic) bond motifs is 5. The van der Waals surface area contributed by atoms with Crippen LogP contribution in [0.25, 0.3) is 44.7 Å². The Hall–Kier alpha value is -5.51. The van der Waals surface area contributed by atoms with Crippen LogP contribution in [0, 0.1) is 11.7 Å². The number of thiophene rings is 1. The quantitative estimate of drug-likeness (QED) is 0.101. The molecule has 0 bridgehead atoms. The number of amides is 2. The van der Waals surface area contributed by atoms with Gasteiger partial charge in [0.1, 0.15) is 29.3 Å². The number of aromatic amines is 2. The highest BCUT2D eigenvalue weighted by Gasteiger charge is 2.38. The summed E-state index contributed by atoms with van der Waals surface area (Å²) in [6, 6.07) is 15.1. The molecule has 9 rings (SSSR count). The lowest BCUT2D eigenvalue weighted by molar-refractivity contribution is -0.135. The second-order valence-electron chi connectivity index (χ2n) is 17.0. The molecule has 314 valence electrons. The number of nitrogens with zero attached hydrogens (tertiary/aromatic N) is 4. The van der Waals surface area contributed by atoms with Crippen molar-refractivity contribution in [2.45, 2.75) is 89.8 Å². The summed E-state index contributed by atoms with van der Waals surface area (Å²) in [7, 11) is 3.00. The van der Waals surface area contributed by atoms with Crippen LogP contribution in [0.3, 0.4) is 0 Å². The zero-order valence-electron chi connectivity index (χ0n) is 34.7. The number of H-pyrrole nitrogens is 2. The van der Waals surface area contributed by atoms with Crippen molar-refractivity contribution in [3.63, 3.8) is 0 Å². The van der Waals surface area contributed by atoms with Gasteiger partial charge in [0.15, 0.2) is 0 Å². The van der Waals surface area contributed by atoms with Crippen molar-refractivity contribution in [2.75, 3.05) is 27.3 Å². The second-order valence-corrected chi connectivity index (χ2v) is 18.2. The Morgan fingerprint density at radius 2 is 1.78 bits per heavy atom. The molecule has 2 fully saturated rings. The third-order valence-corrected chi connectivity index (χ3v) is 13.3. The van der Waals surface area contributed by atoms with Gasteiger partial charge in [0.05, 0.1) is 70.2 Å². The van der Waals surface area contributed by atoms with Crippen LogP contribution in [0.15, 0.2) is 60.9 Å². The van der Waals surface area contributed by atoms with Crippen LogP contribution >= 0.6 is 11.3 Å². The Morgan fingerprint density at radius 3 is 2.53 bits per heavy atom. The average Bonchev–Trinajstić information content (AvgIpc) is 4.09. The summed E-state index contributed by atoms with van der Waals surface area (Å²) in [6.07, 6.45) is 6.73. The predicted molar refractivity (Wildman–Crippen MR) is 228 cm³/mol. The van der Waals surface area contributed by atoms with Crippen molar-refractivity contribution in [1.82, 2.24) is 40.0 Å². The van der Waals surface area contributed by atoms with E-state index in [2.05, 4.69) is 69.3 Å². The number of nitrogens with one attached hydrogen (secondary N) is 4. The minimum Gasteiger partial charge on any atom is -0.464 e. The normalized spacial score (nSPS) is 19.4. The smallest absolute Gasteiger partial charge is 0.407 e. The number of rotatable bonds is 11. The van der Waals surface area contributed by atoms with Crippen LogP contribution in [0.4, 0.5) is 9.18 Å². The molecule has 0 radical (unpaired) electrons. The van der Waals surface area contributed by atoms with Crippen molar-refractivity contribution in [3.8, 4) is 39.5 Å². The Labute approximate surface area is 352 Å². The van der Waals surface area contributed by atoms with Crippen LogP contribution in [0.2, 0.25) is 0 Å². The van der Waals surface area contributed by atoms with Crippen LogP contribution in [0.1, 0.15) is 93.1 Å². The van der Waals surface area contributed by atoms with E-state index in [9.17, 15) is 9.59 Å². The van der Waals surface area contributed by atoms with Gasteiger partial charge < -0.3 is 39.7 Å². The van der Waals surface area contributed by atoms with Crippen molar-refractivity contribution >= 4 is 34.2 Å². The largest absolute Gasteiger partial charge is 0.464 e. The number of likely N-dealkylation sites (tertiary alicyclic amines) is 1. The topological polar surface area (TPSA) is 151 Å². The zero-order valence-corrected chi connectivity index (χ0v) is 35.5. The summed E-state index contributed by atoms with van der Waals surface area (Å²) < 4.78 is 36.3. The first-order valence-corrected chi connectivity index (χ1v) is 21.5. The number of alkyl carbamates (subject to hydrolysis) is 1. The van der Waals surface area contributed by atoms with Gasteiger partial charge in [-0.25, -0.2) is 19.2 Å². The lowest BCUT2D eigenvalue weighted by Crippen LogP contribution is -2.51. The Bertz CT molecular complexity index is 2570. The molecular formula is C45H51FN8O5S. The van der Waals surface area contributed by atoms with Crippen molar-refractivity contribution < 1.29 is 28.2 Å². The molecule has 0 spiro atoms. The molecular weight excluding hydrogens is 784 g/mol. The molecule has 60 heavy (non-hydrogen) atoms.